The van der Waals surface area contributed by atoms with Crippen molar-refractivity contribution in [1.82, 2.24) is 0 Å². The van der Waals surface area contributed by atoms with E-state index in [0.29, 0.717) is 28.2 Å². The van der Waals surface area contributed by atoms with Crippen LogP contribution < -0.4 is 9.47 Å². The number of carbonyl (C=O) groups excluding carboxylic acids is 2. The fourth-order valence-electron chi connectivity index (χ4n) is 2.85. The monoisotopic (exact) mass is 326 g/mol. The van der Waals surface area contributed by atoms with Crippen molar-refractivity contribution in [2.75, 3.05) is 14.2 Å². The van der Waals surface area contributed by atoms with Crippen LogP contribution >= 0.6 is 0 Å². The fraction of sp³-hybridized carbons (Fsp3) is 0.263. The van der Waals surface area contributed by atoms with Crippen LogP contribution in [0.4, 0.5) is 0 Å². The summed E-state index contributed by atoms with van der Waals surface area (Å²) in [7, 11) is 2.97. The molecule has 0 bridgehead atoms. The van der Waals surface area contributed by atoms with Crippen LogP contribution in [0.3, 0.4) is 0 Å². The molecule has 0 aliphatic carbocycles. The fourth-order valence-corrected chi connectivity index (χ4v) is 2.85. The predicted molar refractivity (Wildman–Crippen MR) is 87.8 cm³/mol. The quantitative estimate of drug-likeness (QED) is 0.622. The van der Waals surface area contributed by atoms with Crippen LogP contribution in [0.2, 0.25) is 0 Å². The summed E-state index contributed by atoms with van der Waals surface area (Å²) in [6, 6.07) is 10.8. The lowest BCUT2D eigenvalue weighted by atomic mass is 9.97. The van der Waals surface area contributed by atoms with Crippen LogP contribution in [0.5, 0.6) is 11.5 Å². The third kappa shape index (κ3) is 2.73. The van der Waals surface area contributed by atoms with E-state index < -0.39 is 12.1 Å². The largest absolute Gasteiger partial charge is 0.493 e. The molecular weight excluding hydrogens is 308 g/mol. The van der Waals surface area contributed by atoms with E-state index in [-0.39, 0.29) is 12.2 Å². The lowest BCUT2D eigenvalue weighted by molar-refractivity contribution is 0.0365. The molecule has 0 N–H and O–H groups in total. The number of ketones is 1. The smallest absolute Gasteiger partial charge is 0.343 e. The van der Waals surface area contributed by atoms with E-state index >= 15 is 0 Å². The maximum atomic E-state index is 12.5. The molecule has 0 radical (unpaired) electrons. The van der Waals surface area contributed by atoms with Crippen molar-refractivity contribution in [2.45, 2.75) is 19.4 Å². The molecule has 5 heteroatoms. The number of ether oxygens (including phenoxy) is 3. The van der Waals surface area contributed by atoms with E-state index in [1.54, 1.807) is 24.3 Å². The summed E-state index contributed by atoms with van der Waals surface area (Å²) < 4.78 is 15.9. The minimum absolute atomic E-state index is 0.0737. The normalized spacial score (nSPS) is 15.6. The number of rotatable bonds is 5. The van der Waals surface area contributed by atoms with Gasteiger partial charge in [0.15, 0.2) is 17.3 Å². The summed E-state index contributed by atoms with van der Waals surface area (Å²) in [4.78, 5) is 24.7. The molecule has 0 spiro atoms. The highest BCUT2D eigenvalue weighted by atomic mass is 16.6. The number of fused-ring (bicyclic) bond motifs is 1. The van der Waals surface area contributed by atoms with Gasteiger partial charge in [0.2, 0.25) is 0 Å². The molecular formula is C19H18O5. The summed E-state index contributed by atoms with van der Waals surface area (Å²) in [5.41, 5.74) is 2.67. The van der Waals surface area contributed by atoms with Gasteiger partial charge in [-0.1, -0.05) is 35.9 Å². The van der Waals surface area contributed by atoms with E-state index in [9.17, 15) is 9.59 Å². The van der Waals surface area contributed by atoms with Gasteiger partial charge >= 0.3 is 5.97 Å². The average molecular weight is 326 g/mol. The first-order chi connectivity index (χ1) is 11.5. The molecule has 1 aliphatic rings. The lowest BCUT2D eigenvalue weighted by Gasteiger charge is -2.12. The maximum absolute atomic E-state index is 12.5. The van der Waals surface area contributed by atoms with Gasteiger partial charge in [-0.05, 0) is 13.0 Å². The Morgan fingerprint density at radius 1 is 1.08 bits per heavy atom. The second kappa shape index (κ2) is 6.35. The molecule has 1 heterocycles. The van der Waals surface area contributed by atoms with Crippen molar-refractivity contribution in [3.8, 4) is 11.5 Å². The summed E-state index contributed by atoms with van der Waals surface area (Å²) in [5, 5.41) is 0. The summed E-state index contributed by atoms with van der Waals surface area (Å²) in [6.45, 7) is 1.96. The molecule has 0 amide bonds. The molecule has 124 valence electrons. The van der Waals surface area contributed by atoms with E-state index in [0.717, 1.165) is 5.56 Å². The van der Waals surface area contributed by atoms with Gasteiger partial charge in [-0.25, -0.2) is 4.79 Å². The van der Waals surface area contributed by atoms with Gasteiger partial charge in [0.25, 0.3) is 0 Å². The SMILES string of the molecule is COc1ccc2c(c1OC)C(=O)OC2CC(=O)c1ccc(C)cc1. The third-order valence-electron chi connectivity index (χ3n) is 4.12. The minimum Gasteiger partial charge on any atom is -0.493 e. The molecule has 0 aromatic heterocycles. The first-order valence-corrected chi connectivity index (χ1v) is 7.61. The van der Waals surface area contributed by atoms with Gasteiger partial charge in [0.1, 0.15) is 11.7 Å². The molecule has 1 atom stereocenters. The number of aryl methyl sites for hydroxylation is 1. The van der Waals surface area contributed by atoms with Crippen molar-refractivity contribution < 1.29 is 23.8 Å². The Kier molecular flexibility index (Phi) is 4.25. The Morgan fingerprint density at radius 2 is 1.79 bits per heavy atom. The average Bonchev–Trinajstić information content (AvgIpc) is 2.90. The van der Waals surface area contributed by atoms with Gasteiger partial charge in [0.05, 0.1) is 20.6 Å². The molecule has 0 fully saturated rings. The lowest BCUT2D eigenvalue weighted by Crippen LogP contribution is -2.07. The third-order valence-corrected chi connectivity index (χ3v) is 4.12. The second-order valence-electron chi connectivity index (χ2n) is 5.65. The number of esters is 1. The predicted octanol–water partition coefficient (Wildman–Crippen LogP) is 3.50. The van der Waals surface area contributed by atoms with Crippen molar-refractivity contribution in [3.05, 3.63) is 58.7 Å². The number of carbonyl (C=O) groups is 2. The number of hydrogen-bond donors (Lipinski definition) is 0. The Balaban J connectivity index is 1.89. The van der Waals surface area contributed by atoms with Crippen LogP contribution in [0.15, 0.2) is 36.4 Å². The molecule has 1 aliphatic heterocycles. The topological polar surface area (TPSA) is 61.8 Å². The molecule has 0 saturated heterocycles. The number of benzene rings is 2. The molecule has 5 nitrogen and oxygen atoms in total. The van der Waals surface area contributed by atoms with E-state index in [2.05, 4.69) is 0 Å². The van der Waals surface area contributed by atoms with E-state index in [1.165, 1.54) is 14.2 Å². The Bertz CT molecular complexity index is 792. The Labute approximate surface area is 140 Å². The standard InChI is InChI=1S/C19H18O5/c1-11-4-6-12(7-5-11)14(20)10-16-13-8-9-15(22-2)18(23-3)17(13)19(21)24-16/h4-9,16H,10H2,1-3H3. The number of hydrogen-bond acceptors (Lipinski definition) is 5. The highest BCUT2D eigenvalue weighted by Gasteiger charge is 2.36. The molecule has 1 unspecified atom stereocenters. The zero-order valence-corrected chi connectivity index (χ0v) is 13.8. The number of Topliss-reactive ketones (excluding diaryl/α,β-unsaturated/α-hetero) is 1. The van der Waals surface area contributed by atoms with E-state index in [4.69, 9.17) is 14.2 Å². The van der Waals surface area contributed by atoms with Gasteiger partial charge in [0, 0.05) is 11.1 Å². The second-order valence-corrected chi connectivity index (χ2v) is 5.65. The zero-order valence-electron chi connectivity index (χ0n) is 13.8. The minimum atomic E-state index is -0.610. The first-order valence-electron chi connectivity index (χ1n) is 7.61. The maximum Gasteiger partial charge on any atom is 0.343 e. The molecule has 0 saturated carbocycles. The zero-order chi connectivity index (χ0) is 17.3. The Morgan fingerprint density at radius 3 is 2.42 bits per heavy atom. The van der Waals surface area contributed by atoms with Gasteiger partial charge in [-0.2, -0.15) is 0 Å². The van der Waals surface area contributed by atoms with Crippen molar-refractivity contribution >= 4 is 11.8 Å². The van der Waals surface area contributed by atoms with Crippen LogP contribution in [0.25, 0.3) is 0 Å². The Hall–Kier alpha value is -2.82. The highest BCUT2D eigenvalue weighted by Crippen LogP contribution is 2.43. The van der Waals surface area contributed by atoms with Crippen molar-refractivity contribution in [3.63, 3.8) is 0 Å². The molecule has 2 aromatic rings. The number of cyclic esters (lactones) is 1. The molecule has 2 aromatic carbocycles. The van der Waals surface area contributed by atoms with Crippen LogP contribution in [-0.4, -0.2) is 26.0 Å². The molecule has 3 rings (SSSR count). The van der Waals surface area contributed by atoms with Crippen LogP contribution in [0.1, 0.15) is 44.4 Å². The van der Waals surface area contributed by atoms with Gasteiger partial charge in [-0.3, -0.25) is 4.79 Å². The first kappa shape index (κ1) is 16.1. The van der Waals surface area contributed by atoms with Gasteiger partial charge in [-0.15, -0.1) is 0 Å². The summed E-state index contributed by atoms with van der Waals surface area (Å²) in [5.74, 6) is 0.224. The summed E-state index contributed by atoms with van der Waals surface area (Å²) >= 11 is 0. The molecule has 24 heavy (non-hydrogen) atoms. The van der Waals surface area contributed by atoms with Crippen molar-refractivity contribution in [2.24, 2.45) is 0 Å². The number of methoxy groups -OCH3 is 2. The van der Waals surface area contributed by atoms with Crippen LogP contribution in [0, 0.1) is 6.92 Å². The van der Waals surface area contributed by atoms with E-state index in [1.807, 2.05) is 19.1 Å². The van der Waals surface area contributed by atoms with Gasteiger partial charge < -0.3 is 14.2 Å². The van der Waals surface area contributed by atoms with Crippen LogP contribution in [-0.2, 0) is 4.74 Å². The van der Waals surface area contributed by atoms with Crippen molar-refractivity contribution in [1.29, 1.82) is 0 Å². The summed E-state index contributed by atoms with van der Waals surface area (Å²) in [6.07, 6.45) is -0.516. The highest BCUT2D eigenvalue weighted by molar-refractivity contribution is 6.00.